The van der Waals surface area contributed by atoms with E-state index in [-0.39, 0.29) is 18.2 Å². The van der Waals surface area contributed by atoms with E-state index in [9.17, 15) is 9.59 Å². The van der Waals surface area contributed by atoms with Gasteiger partial charge in [-0.2, -0.15) is 0 Å². The quantitative estimate of drug-likeness (QED) is 0.821. The van der Waals surface area contributed by atoms with Crippen molar-refractivity contribution in [2.24, 2.45) is 0 Å². The number of hydrogen-bond acceptors (Lipinski definition) is 5. The van der Waals surface area contributed by atoms with E-state index >= 15 is 0 Å². The molecule has 1 aromatic rings. The highest BCUT2D eigenvalue weighted by molar-refractivity contribution is 8.24. The highest BCUT2D eigenvalue weighted by Crippen LogP contribution is 2.31. The number of anilines is 1. The Morgan fingerprint density at radius 3 is 2.86 bits per heavy atom. The van der Waals surface area contributed by atoms with E-state index < -0.39 is 5.25 Å². The van der Waals surface area contributed by atoms with Crippen molar-refractivity contribution in [2.45, 2.75) is 18.6 Å². The zero-order valence-corrected chi connectivity index (χ0v) is 13.7. The van der Waals surface area contributed by atoms with Crippen LogP contribution in [0.5, 0.6) is 5.75 Å². The SMILES string of the molecule is COc1cc(Cl)c(C)cc1NC(=O)C[C@@H]1SC(=S)NC1=O. The molecule has 1 aromatic carbocycles. The smallest absolute Gasteiger partial charge is 0.239 e. The zero-order valence-electron chi connectivity index (χ0n) is 11.4. The Morgan fingerprint density at radius 2 is 2.29 bits per heavy atom. The van der Waals surface area contributed by atoms with Gasteiger partial charge < -0.3 is 15.4 Å². The first kappa shape index (κ1) is 16.1. The highest BCUT2D eigenvalue weighted by Gasteiger charge is 2.31. The van der Waals surface area contributed by atoms with Gasteiger partial charge in [-0.25, -0.2) is 0 Å². The van der Waals surface area contributed by atoms with Crippen molar-refractivity contribution in [3.05, 3.63) is 22.7 Å². The summed E-state index contributed by atoms with van der Waals surface area (Å²) in [6.07, 6.45) is 0.0431. The highest BCUT2D eigenvalue weighted by atomic mass is 35.5. The lowest BCUT2D eigenvalue weighted by Gasteiger charge is -2.13. The van der Waals surface area contributed by atoms with Crippen LogP contribution < -0.4 is 15.4 Å². The number of benzene rings is 1. The van der Waals surface area contributed by atoms with Crippen molar-refractivity contribution in [2.75, 3.05) is 12.4 Å². The van der Waals surface area contributed by atoms with Gasteiger partial charge in [0.15, 0.2) is 0 Å². The summed E-state index contributed by atoms with van der Waals surface area (Å²) in [5.41, 5.74) is 1.34. The first-order valence-electron chi connectivity index (χ1n) is 6.06. The Hall–Kier alpha value is -1.31. The van der Waals surface area contributed by atoms with E-state index in [4.69, 9.17) is 28.6 Å². The summed E-state index contributed by atoms with van der Waals surface area (Å²) in [4.78, 5) is 23.6. The largest absolute Gasteiger partial charge is 0.495 e. The normalized spacial score (nSPS) is 17.6. The van der Waals surface area contributed by atoms with Crippen LogP contribution in [0.2, 0.25) is 5.02 Å². The molecular weight excluding hydrogens is 332 g/mol. The third-order valence-electron chi connectivity index (χ3n) is 2.89. The summed E-state index contributed by atoms with van der Waals surface area (Å²) in [6.45, 7) is 1.83. The lowest BCUT2D eigenvalue weighted by Crippen LogP contribution is -2.27. The van der Waals surface area contributed by atoms with Gasteiger partial charge >= 0.3 is 0 Å². The van der Waals surface area contributed by atoms with Crippen LogP contribution in [0.4, 0.5) is 5.69 Å². The van der Waals surface area contributed by atoms with Gasteiger partial charge in [-0.05, 0) is 18.6 Å². The molecule has 21 heavy (non-hydrogen) atoms. The molecule has 112 valence electrons. The van der Waals surface area contributed by atoms with Gasteiger partial charge in [0.2, 0.25) is 11.8 Å². The molecule has 0 bridgehead atoms. The minimum atomic E-state index is -0.489. The molecular formula is C13H13ClN2O3S2. The second-order valence-electron chi connectivity index (χ2n) is 4.44. The molecule has 0 aliphatic carbocycles. The number of thiocarbonyl (C=S) groups is 1. The van der Waals surface area contributed by atoms with E-state index in [2.05, 4.69) is 10.6 Å². The van der Waals surface area contributed by atoms with Crippen LogP contribution in [-0.2, 0) is 9.59 Å². The fourth-order valence-electron chi connectivity index (χ4n) is 1.83. The topological polar surface area (TPSA) is 67.4 Å². The van der Waals surface area contributed by atoms with Crippen LogP contribution in [-0.4, -0.2) is 28.5 Å². The molecule has 5 nitrogen and oxygen atoms in total. The predicted molar refractivity (Wildman–Crippen MR) is 88.1 cm³/mol. The van der Waals surface area contributed by atoms with Crippen LogP contribution in [0.3, 0.4) is 0 Å². The van der Waals surface area contributed by atoms with Gasteiger partial charge in [0.25, 0.3) is 0 Å². The number of hydrogen-bond donors (Lipinski definition) is 2. The summed E-state index contributed by atoms with van der Waals surface area (Å²) < 4.78 is 5.59. The maximum atomic E-state index is 12.0. The summed E-state index contributed by atoms with van der Waals surface area (Å²) in [6, 6.07) is 3.37. The Balaban J connectivity index is 2.08. The summed E-state index contributed by atoms with van der Waals surface area (Å²) in [5, 5.41) is 5.31. The summed E-state index contributed by atoms with van der Waals surface area (Å²) in [7, 11) is 1.50. The second kappa shape index (κ2) is 6.64. The molecule has 0 saturated carbocycles. The Bertz CT molecular complexity index is 622. The second-order valence-corrected chi connectivity index (χ2v) is 6.72. The summed E-state index contributed by atoms with van der Waals surface area (Å²) >= 11 is 12.1. The molecule has 2 rings (SSSR count). The molecule has 2 N–H and O–H groups in total. The van der Waals surface area contributed by atoms with Crippen LogP contribution in [0.1, 0.15) is 12.0 Å². The molecule has 1 fully saturated rings. The molecule has 1 heterocycles. The number of rotatable bonds is 4. The zero-order chi connectivity index (χ0) is 15.6. The molecule has 0 radical (unpaired) electrons. The average molecular weight is 345 g/mol. The minimum Gasteiger partial charge on any atom is -0.495 e. The Kier molecular flexibility index (Phi) is 5.08. The van der Waals surface area contributed by atoms with Crippen molar-refractivity contribution >= 4 is 57.4 Å². The molecule has 0 spiro atoms. The van der Waals surface area contributed by atoms with E-state index in [0.29, 0.717) is 20.8 Å². The monoisotopic (exact) mass is 344 g/mol. The molecule has 0 unspecified atom stereocenters. The van der Waals surface area contributed by atoms with Crippen LogP contribution >= 0.6 is 35.6 Å². The van der Waals surface area contributed by atoms with Crippen molar-refractivity contribution < 1.29 is 14.3 Å². The van der Waals surface area contributed by atoms with Gasteiger partial charge in [0.1, 0.15) is 10.1 Å². The van der Waals surface area contributed by atoms with Crippen molar-refractivity contribution in [1.82, 2.24) is 5.32 Å². The first-order chi connectivity index (χ1) is 9.90. The van der Waals surface area contributed by atoms with Crippen molar-refractivity contribution in [3.8, 4) is 5.75 Å². The molecule has 1 saturated heterocycles. The number of halogens is 1. The van der Waals surface area contributed by atoms with E-state index in [1.54, 1.807) is 12.1 Å². The number of aryl methyl sites for hydroxylation is 1. The van der Waals surface area contributed by atoms with Crippen LogP contribution in [0.25, 0.3) is 0 Å². The van der Waals surface area contributed by atoms with Crippen molar-refractivity contribution in [1.29, 1.82) is 0 Å². The average Bonchev–Trinajstić information content (AvgIpc) is 2.71. The number of amides is 2. The number of carbonyl (C=O) groups is 2. The molecule has 1 atom stereocenters. The lowest BCUT2D eigenvalue weighted by molar-refractivity contribution is -0.122. The minimum absolute atomic E-state index is 0.0431. The third kappa shape index (κ3) is 3.87. The maximum absolute atomic E-state index is 12.0. The standard InChI is InChI=1S/C13H13ClN2O3S2/c1-6-3-8(9(19-2)4-7(6)14)15-11(17)5-10-12(18)16-13(20)21-10/h3-4,10H,5H2,1-2H3,(H,15,17)(H,16,18,20)/t10-/m0/s1. The van der Waals surface area contributed by atoms with E-state index in [0.717, 1.165) is 5.56 Å². The predicted octanol–water partition coefficient (Wildman–Crippen LogP) is 2.50. The number of methoxy groups -OCH3 is 1. The fraction of sp³-hybridized carbons (Fsp3) is 0.308. The van der Waals surface area contributed by atoms with Crippen LogP contribution in [0.15, 0.2) is 12.1 Å². The molecule has 1 aliphatic heterocycles. The molecule has 0 aromatic heterocycles. The van der Waals surface area contributed by atoms with Gasteiger partial charge in [-0.1, -0.05) is 35.6 Å². The fourth-order valence-corrected chi connectivity index (χ4v) is 3.25. The molecule has 1 aliphatic rings. The van der Waals surface area contributed by atoms with Gasteiger partial charge in [-0.15, -0.1) is 0 Å². The van der Waals surface area contributed by atoms with Gasteiger partial charge in [0.05, 0.1) is 18.0 Å². The number of carbonyl (C=O) groups excluding carboxylic acids is 2. The number of thioether (sulfide) groups is 1. The number of ether oxygens (including phenoxy) is 1. The molecule has 8 heteroatoms. The van der Waals surface area contributed by atoms with Crippen molar-refractivity contribution in [3.63, 3.8) is 0 Å². The lowest BCUT2D eigenvalue weighted by atomic mass is 10.2. The summed E-state index contributed by atoms with van der Waals surface area (Å²) in [5.74, 6) is -0.0511. The van der Waals surface area contributed by atoms with Crippen LogP contribution in [0, 0.1) is 6.92 Å². The van der Waals surface area contributed by atoms with Gasteiger partial charge in [0, 0.05) is 17.5 Å². The Morgan fingerprint density at radius 1 is 1.57 bits per heavy atom. The van der Waals surface area contributed by atoms with E-state index in [1.807, 2.05) is 6.92 Å². The maximum Gasteiger partial charge on any atom is 0.239 e. The van der Waals surface area contributed by atoms with E-state index in [1.165, 1.54) is 18.9 Å². The first-order valence-corrected chi connectivity index (χ1v) is 7.72. The molecule has 2 amide bonds. The van der Waals surface area contributed by atoms with Gasteiger partial charge in [-0.3, -0.25) is 9.59 Å². The third-order valence-corrected chi connectivity index (χ3v) is 4.67. The Labute approximate surface area is 136 Å². The number of nitrogens with one attached hydrogen (secondary N) is 2.